The maximum Gasteiger partial charge on any atom is 0.323 e. The summed E-state index contributed by atoms with van der Waals surface area (Å²) in [5, 5.41) is 12.0. The number of pyridine rings is 1. The van der Waals surface area contributed by atoms with E-state index in [9.17, 15) is 4.79 Å². The smallest absolute Gasteiger partial charge is 0.323 e. The number of nitrogens with zero attached hydrogens (tertiary/aromatic N) is 5. The van der Waals surface area contributed by atoms with E-state index in [2.05, 4.69) is 25.4 Å². The molecule has 0 saturated carbocycles. The number of aryl methyl sites for hydroxylation is 1. The van der Waals surface area contributed by atoms with Crippen LogP contribution in [0.3, 0.4) is 0 Å². The molecule has 0 radical (unpaired) electrons. The minimum absolute atomic E-state index is 0.0255. The zero-order valence-electron chi connectivity index (χ0n) is 14.7. The molecule has 0 bridgehead atoms. The molecular formula is C17H22N6O2S. The molecular weight excluding hydrogens is 352 g/mol. The first-order valence-corrected chi connectivity index (χ1v) is 9.73. The van der Waals surface area contributed by atoms with Crippen LogP contribution in [0, 0.1) is 6.92 Å². The molecule has 0 spiro atoms. The van der Waals surface area contributed by atoms with Gasteiger partial charge in [0.15, 0.2) is 11.6 Å². The lowest BCUT2D eigenvalue weighted by molar-refractivity contribution is 0.195. The summed E-state index contributed by atoms with van der Waals surface area (Å²) < 4.78 is 6.20. The fourth-order valence-corrected chi connectivity index (χ4v) is 3.93. The quantitative estimate of drug-likeness (QED) is 0.885. The van der Waals surface area contributed by atoms with Crippen LogP contribution in [0.1, 0.15) is 24.3 Å². The number of likely N-dealkylation sites (tertiary alicyclic amines) is 1. The standard InChI is InChI=1S/C17H22N6O2S/c1-12-20-21-16(26-12)19-17(24)23-10-6-13(11-23)25-14-5-4-7-18-15(14)22-8-2-3-9-22/h4-5,7,13H,2-3,6,8-11H2,1H3,(H,19,21,24). The van der Waals surface area contributed by atoms with Crippen LogP contribution in [0.4, 0.5) is 15.7 Å². The molecule has 8 nitrogen and oxygen atoms in total. The predicted octanol–water partition coefficient (Wildman–Crippen LogP) is 2.53. The van der Waals surface area contributed by atoms with Gasteiger partial charge in [-0.25, -0.2) is 9.78 Å². The summed E-state index contributed by atoms with van der Waals surface area (Å²) in [4.78, 5) is 20.9. The SMILES string of the molecule is Cc1nnc(NC(=O)N2CCC(Oc3cccnc3N3CCCC3)C2)s1. The van der Waals surface area contributed by atoms with Crippen LogP contribution in [-0.2, 0) is 0 Å². The third kappa shape index (κ3) is 3.72. The Labute approximate surface area is 156 Å². The summed E-state index contributed by atoms with van der Waals surface area (Å²) in [5.41, 5.74) is 0. The topological polar surface area (TPSA) is 83.5 Å². The van der Waals surface area contributed by atoms with Gasteiger partial charge in [-0.3, -0.25) is 5.32 Å². The Balaban J connectivity index is 1.36. The summed E-state index contributed by atoms with van der Waals surface area (Å²) >= 11 is 1.37. The zero-order chi connectivity index (χ0) is 17.9. The van der Waals surface area contributed by atoms with Crippen molar-refractivity contribution in [3.05, 3.63) is 23.3 Å². The van der Waals surface area contributed by atoms with Crippen molar-refractivity contribution >= 4 is 28.3 Å². The van der Waals surface area contributed by atoms with Gasteiger partial charge < -0.3 is 14.5 Å². The van der Waals surface area contributed by atoms with Gasteiger partial charge in [0.2, 0.25) is 5.13 Å². The summed E-state index contributed by atoms with van der Waals surface area (Å²) in [5.74, 6) is 1.72. The molecule has 0 aromatic carbocycles. The summed E-state index contributed by atoms with van der Waals surface area (Å²) in [6.45, 7) is 5.12. The van der Waals surface area contributed by atoms with Crippen molar-refractivity contribution in [2.45, 2.75) is 32.3 Å². The minimum atomic E-state index is -0.154. The van der Waals surface area contributed by atoms with Gasteiger partial charge in [-0.05, 0) is 31.9 Å². The third-order valence-electron chi connectivity index (χ3n) is 4.62. The van der Waals surface area contributed by atoms with Crippen molar-refractivity contribution in [3.63, 3.8) is 0 Å². The molecule has 2 aromatic rings. The van der Waals surface area contributed by atoms with Gasteiger partial charge in [0.05, 0.1) is 6.54 Å². The van der Waals surface area contributed by atoms with Crippen molar-refractivity contribution in [2.75, 3.05) is 36.4 Å². The van der Waals surface area contributed by atoms with E-state index >= 15 is 0 Å². The number of hydrogen-bond acceptors (Lipinski definition) is 7. The van der Waals surface area contributed by atoms with E-state index in [-0.39, 0.29) is 12.1 Å². The molecule has 1 atom stereocenters. The Morgan fingerprint density at radius 3 is 2.92 bits per heavy atom. The van der Waals surface area contributed by atoms with Crippen molar-refractivity contribution < 1.29 is 9.53 Å². The summed E-state index contributed by atoms with van der Waals surface area (Å²) in [7, 11) is 0. The summed E-state index contributed by atoms with van der Waals surface area (Å²) in [6.07, 6.45) is 4.97. The first-order valence-electron chi connectivity index (χ1n) is 8.92. The second-order valence-electron chi connectivity index (χ2n) is 6.55. The fraction of sp³-hybridized carbons (Fsp3) is 0.529. The number of nitrogens with one attached hydrogen (secondary N) is 1. The van der Waals surface area contributed by atoms with Crippen LogP contribution >= 0.6 is 11.3 Å². The van der Waals surface area contributed by atoms with Gasteiger partial charge in [0.1, 0.15) is 11.1 Å². The fourth-order valence-electron chi connectivity index (χ4n) is 3.35. The van der Waals surface area contributed by atoms with Crippen molar-refractivity contribution in [3.8, 4) is 5.75 Å². The Bertz CT molecular complexity index is 776. The van der Waals surface area contributed by atoms with Crippen LogP contribution in [0.15, 0.2) is 18.3 Å². The highest BCUT2D eigenvalue weighted by atomic mass is 32.1. The number of anilines is 2. The largest absolute Gasteiger partial charge is 0.485 e. The molecule has 2 amide bonds. The zero-order valence-corrected chi connectivity index (χ0v) is 15.5. The van der Waals surface area contributed by atoms with Crippen molar-refractivity contribution in [1.82, 2.24) is 20.1 Å². The van der Waals surface area contributed by atoms with Crippen LogP contribution in [0.25, 0.3) is 0 Å². The molecule has 4 rings (SSSR count). The van der Waals surface area contributed by atoms with Crippen LogP contribution in [0.5, 0.6) is 5.75 Å². The second-order valence-corrected chi connectivity index (χ2v) is 7.73. The lowest BCUT2D eigenvalue weighted by atomic mass is 10.3. The molecule has 26 heavy (non-hydrogen) atoms. The lowest BCUT2D eigenvalue weighted by Gasteiger charge is -2.22. The van der Waals surface area contributed by atoms with Gasteiger partial charge >= 0.3 is 6.03 Å². The van der Waals surface area contributed by atoms with Gasteiger partial charge in [0, 0.05) is 32.3 Å². The maximum absolute atomic E-state index is 12.4. The molecule has 2 fully saturated rings. The normalized spacial score (nSPS) is 19.8. The monoisotopic (exact) mass is 374 g/mol. The van der Waals surface area contributed by atoms with E-state index in [1.54, 1.807) is 11.1 Å². The number of urea groups is 1. The number of carbonyl (C=O) groups excluding carboxylic acids is 1. The highest BCUT2D eigenvalue weighted by molar-refractivity contribution is 7.15. The average molecular weight is 374 g/mol. The predicted molar refractivity (Wildman–Crippen MR) is 100.0 cm³/mol. The number of rotatable bonds is 4. The van der Waals surface area contributed by atoms with Gasteiger partial charge in [0.25, 0.3) is 0 Å². The molecule has 0 aliphatic carbocycles. The average Bonchev–Trinajstić information content (AvgIpc) is 3.38. The molecule has 2 aliphatic heterocycles. The first kappa shape index (κ1) is 17.0. The van der Waals surface area contributed by atoms with Crippen molar-refractivity contribution in [1.29, 1.82) is 0 Å². The van der Waals surface area contributed by atoms with E-state index in [0.717, 1.165) is 36.1 Å². The highest BCUT2D eigenvalue weighted by Gasteiger charge is 2.29. The maximum atomic E-state index is 12.4. The Morgan fingerprint density at radius 1 is 1.31 bits per heavy atom. The number of amides is 2. The Morgan fingerprint density at radius 2 is 2.15 bits per heavy atom. The van der Waals surface area contributed by atoms with Crippen molar-refractivity contribution in [2.24, 2.45) is 0 Å². The van der Waals surface area contributed by atoms with Crippen LogP contribution in [-0.4, -0.2) is 58.4 Å². The van der Waals surface area contributed by atoms with E-state index in [1.807, 2.05) is 19.1 Å². The van der Waals surface area contributed by atoms with E-state index < -0.39 is 0 Å². The summed E-state index contributed by atoms with van der Waals surface area (Å²) in [6, 6.07) is 3.71. The third-order valence-corrected chi connectivity index (χ3v) is 5.38. The highest BCUT2D eigenvalue weighted by Crippen LogP contribution is 2.30. The Hall–Kier alpha value is -2.42. The molecule has 138 valence electrons. The second kappa shape index (κ2) is 7.45. The molecule has 4 heterocycles. The molecule has 2 aromatic heterocycles. The number of aromatic nitrogens is 3. The van der Waals surface area contributed by atoms with Crippen LogP contribution < -0.4 is 15.0 Å². The van der Waals surface area contributed by atoms with E-state index in [4.69, 9.17) is 4.74 Å². The van der Waals surface area contributed by atoms with E-state index in [1.165, 1.54) is 24.2 Å². The van der Waals surface area contributed by atoms with Crippen LogP contribution in [0.2, 0.25) is 0 Å². The van der Waals surface area contributed by atoms with Gasteiger partial charge in [-0.2, -0.15) is 0 Å². The number of carbonyl (C=O) groups is 1. The minimum Gasteiger partial charge on any atom is -0.485 e. The molecule has 2 aliphatic rings. The number of hydrogen-bond donors (Lipinski definition) is 1. The molecule has 9 heteroatoms. The number of ether oxygens (including phenoxy) is 1. The Kier molecular flexibility index (Phi) is 4.87. The van der Waals surface area contributed by atoms with Gasteiger partial charge in [-0.1, -0.05) is 11.3 Å². The van der Waals surface area contributed by atoms with E-state index in [0.29, 0.717) is 18.2 Å². The first-order chi connectivity index (χ1) is 12.7. The van der Waals surface area contributed by atoms with Gasteiger partial charge in [-0.15, -0.1) is 10.2 Å². The lowest BCUT2D eigenvalue weighted by Crippen LogP contribution is -2.34. The molecule has 2 saturated heterocycles. The molecule has 1 unspecified atom stereocenters. The molecule has 1 N–H and O–H groups in total.